The average Bonchev–Trinajstić information content (AvgIpc) is 3.02. The molecule has 0 radical (unpaired) electrons. The molecular weight excluding hydrogens is 310 g/mol. The Labute approximate surface area is 139 Å². The molecule has 1 atom stereocenters. The lowest BCUT2D eigenvalue weighted by atomic mass is 10.1. The van der Waals surface area contributed by atoms with Crippen LogP contribution in [0.4, 0.5) is 11.4 Å². The number of benzene rings is 1. The Morgan fingerprint density at radius 1 is 1.13 bits per heavy atom. The third-order valence-corrected chi connectivity index (χ3v) is 4.19. The molecule has 1 aromatic carbocycles. The van der Waals surface area contributed by atoms with Crippen molar-refractivity contribution >= 4 is 34.5 Å². The molecule has 23 heavy (non-hydrogen) atoms. The van der Waals surface area contributed by atoms with Gasteiger partial charge in [-0.15, -0.1) is 11.3 Å². The molecule has 122 valence electrons. The van der Waals surface area contributed by atoms with Crippen molar-refractivity contribution in [2.24, 2.45) is 5.73 Å². The maximum Gasteiger partial charge on any atom is 0.241 e. The molecule has 2 aromatic rings. The van der Waals surface area contributed by atoms with Crippen molar-refractivity contribution in [1.82, 2.24) is 0 Å². The van der Waals surface area contributed by atoms with Crippen molar-refractivity contribution in [2.45, 2.75) is 32.2 Å². The molecule has 0 fully saturated rings. The largest absolute Gasteiger partial charge is 0.324 e. The van der Waals surface area contributed by atoms with E-state index in [0.29, 0.717) is 24.2 Å². The Morgan fingerprint density at radius 3 is 2.43 bits per heavy atom. The van der Waals surface area contributed by atoms with Gasteiger partial charge in [0.15, 0.2) is 0 Å². The summed E-state index contributed by atoms with van der Waals surface area (Å²) in [5, 5.41) is 7.56. The Morgan fingerprint density at radius 2 is 1.83 bits per heavy atom. The van der Waals surface area contributed by atoms with Gasteiger partial charge in [-0.3, -0.25) is 9.59 Å². The van der Waals surface area contributed by atoms with Crippen LogP contribution in [0, 0.1) is 0 Å². The number of carbonyl (C=O) groups is 2. The number of para-hydroxylation sites is 2. The number of nitrogens with two attached hydrogens (primary N) is 1. The molecule has 4 N–H and O–H groups in total. The molecule has 0 spiro atoms. The molecule has 1 unspecified atom stereocenters. The number of thiophene rings is 1. The van der Waals surface area contributed by atoms with Gasteiger partial charge in [0.1, 0.15) is 0 Å². The standard InChI is InChI=1S/C17H21N3O2S/c1-2-6-13(18)17(22)20-15-9-4-3-8-14(15)19-16(21)11-12-7-5-10-23-12/h3-5,7-10,13H,2,6,11,18H2,1H3,(H,19,21)(H,20,22). The maximum atomic E-state index is 12.1. The van der Waals surface area contributed by atoms with Gasteiger partial charge < -0.3 is 16.4 Å². The second-order valence-electron chi connectivity index (χ2n) is 5.23. The minimum atomic E-state index is -0.546. The molecule has 6 heteroatoms. The van der Waals surface area contributed by atoms with E-state index < -0.39 is 6.04 Å². The smallest absolute Gasteiger partial charge is 0.241 e. The molecule has 1 aromatic heterocycles. The van der Waals surface area contributed by atoms with Crippen LogP contribution in [0.2, 0.25) is 0 Å². The van der Waals surface area contributed by atoms with Crippen LogP contribution in [0.15, 0.2) is 41.8 Å². The number of hydrogen-bond acceptors (Lipinski definition) is 4. The lowest BCUT2D eigenvalue weighted by Gasteiger charge is -2.15. The van der Waals surface area contributed by atoms with E-state index in [4.69, 9.17) is 5.73 Å². The summed E-state index contributed by atoms with van der Waals surface area (Å²) in [6, 6.07) is 10.4. The number of carbonyl (C=O) groups excluding carboxylic acids is 2. The summed E-state index contributed by atoms with van der Waals surface area (Å²) in [7, 11) is 0. The highest BCUT2D eigenvalue weighted by Crippen LogP contribution is 2.22. The van der Waals surface area contributed by atoms with Crippen LogP contribution >= 0.6 is 11.3 Å². The highest BCUT2D eigenvalue weighted by molar-refractivity contribution is 7.10. The zero-order valence-electron chi connectivity index (χ0n) is 13.0. The van der Waals surface area contributed by atoms with Crippen molar-refractivity contribution in [3.8, 4) is 0 Å². The van der Waals surface area contributed by atoms with Gasteiger partial charge in [-0.2, -0.15) is 0 Å². The molecule has 0 saturated carbocycles. The van der Waals surface area contributed by atoms with Gasteiger partial charge in [-0.25, -0.2) is 0 Å². The monoisotopic (exact) mass is 331 g/mol. The second kappa shape index (κ2) is 8.45. The van der Waals surface area contributed by atoms with E-state index in [-0.39, 0.29) is 11.8 Å². The van der Waals surface area contributed by atoms with Crippen molar-refractivity contribution in [2.75, 3.05) is 10.6 Å². The van der Waals surface area contributed by atoms with E-state index >= 15 is 0 Å². The van der Waals surface area contributed by atoms with Crippen LogP contribution < -0.4 is 16.4 Å². The molecule has 5 nitrogen and oxygen atoms in total. The third kappa shape index (κ3) is 5.19. The molecule has 0 aliphatic rings. The minimum absolute atomic E-state index is 0.119. The van der Waals surface area contributed by atoms with Crippen LogP contribution in [0.25, 0.3) is 0 Å². The topological polar surface area (TPSA) is 84.2 Å². The Hall–Kier alpha value is -2.18. The summed E-state index contributed by atoms with van der Waals surface area (Å²) in [6.07, 6.45) is 1.78. The molecule has 0 saturated heterocycles. The molecule has 0 aliphatic heterocycles. The van der Waals surface area contributed by atoms with E-state index in [0.717, 1.165) is 11.3 Å². The lowest BCUT2D eigenvalue weighted by Crippen LogP contribution is -2.35. The zero-order chi connectivity index (χ0) is 16.7. The highest BCUT2D eigenvalue weighted by atomic mass is 32.1. The summed E-state index contributed by atoms with van der Waals surface area (Å²) in [5.41, 5.74) is 6.95. The van der Waals surface area contributed by atoms with Crippen molar-refractivity contribution in [3.05, 3.63) is 46.7 Å². The summed E-state index contributed by atoms with van der Waals surface area (Å²) < 4.78 is 0. The van der Waals surface area contributed by atoms with Gasteiger partial charge in [0.25, 0.3) is 0 Å². The summed E-state index contributed by atoms with van der Waals surface area (Å²) in [5.74, 6) is -0.362. The molecule has 2 amide bonds. The first-order valence-corrected chi connectivity index (χ1v) is 8.45. The summed E-state index contributed by atoms with van der Waals surface area (Å²) >= 11 is 1.54. The quantitative estimate of drug-likeness (QED) is 0.729. The second-order valence-corrected chi connectivity index (χ2v) is 6.27. The summed E-state index contributed by atoms with van der Waals surface area (Å²) in [6.45, 7) is 1.98. The normalized spacial score (nSPS) is 11.7. The predicted octanol–water partition coefficient (Wildman–Crippen LogP) is 3.00. The fraction of sp³-hybridized carbons (Fsp3) is 0.294. The first kappa shape index (κ1) is 17.2. The molecule has 0 bridgehead atoms. The molecule has 2 rings (SSSR count). The van der Waals surface area contributed by atoms with E-state index in [9.17, 15) is 9.59 Å². The van der Waals surface area contributed by atoms with Gasteiger partial charge in [0, 0.05) is 4.88 Å². The Balaban J connectivity index is 2.02. The van der Waals surface area contributed by atoms with Gasteiger partial charge in [-0.1, -0.05) is 31.5 Å². The van der Waals surface area contributed by atoms with Crippen LogP contribution in [0.1, 0.15) is 24.6 Å². The van der Waals surface area contributed by atoms with Crippen molar-refractivity contribution in [1.29, 1.82) is 0 Å². The van der Waals surface area contributed by atoms with Crippen LogP contribution in [0.3, 0.4) is 0 Å². The van der Waals surface area contributed by atoms with Crippen molar-refractivity contribution in [3.63, 3.8) is 0 Å². The van der Waals surface area contributed by atoms with E-state index in [1.54, 1.807) is 18.2 Å². The van der Waals surface area contributed by atoms with Crippen molar-refractivity contribution < 1.29 is 9.59 Å². The molecule has 0 aliphatic carbocycles. The Bertz CT molecular complexity index is 656. The number of amides is 2. The third-order valence-electron chi connectivity index (χ3n) is 3.31. The van der Waals surface area contributed by atoms with Gasteiger partial charge in [-0.05, 0) is 30.0 Å². The fourth-order valence-corrected chi connectivity index (χ4v) is 2.84. The van der Waals surface area contributed by atoms with E-state index in [2.05, 4.69) is 10.6 Å². The molecular formula is C17H21N3O2S. The average molecular weight is 331 g/mol. The molecule has 1 heterocycles. The number of anilines is 2. The SMILES string of the molecule is CCCC(N)C(=O)Nc1ccccc1NC(=O)Cc1cccs1. The minimum Gasteiger partial charge on any atom is -0.324 e. The zero-order valence-corrected chi connectivity index (χ0v) is 13.9. The van der Waals surface area contributed by atoms with E-state index in [1.807, 2.05) is 30.5 Å². The van der Waals surface area contributed by atoms with Crippen LogP contribution in [0.5, 0.6) is 0 Å². The highest BCUT2D eigenvalue weighted by Gasteiger charge is 2.15. The Kier molecular flexibility index (Phi) is 6.31. The first-order valence-electron chi connectivity index (χ1n) is 7.58. The number of hydrogen-bond donors (Lipinski definition) is 3. The maximum absolute atomic E-state index is 12.1. The van der Waals surface area contributed by atoms with Crippen LogP contribution in [-0.2, 0) is 16.0 Å². The number of rotatable bonds is 7. The van der Waals surface area contributed by atoms with Gasteiger partial charge in [0.05, 0.1) is 23.8 Å². The first-order chi connectivity index (χ1) is 11.1. The summed E-state index contributed by atoms with van der Waals surface area (Å²) in [4.78, 5) is 25.2. The van der Waals surface area contributed by atoms with Gasteiger partial charge in [0.2, 0.25) is 11.8 Å². The van der Waals surface area contributed by atoms with Gasteiger partial charge >= 0.3 is 0 Å². The van der Waals surface area contributed by atoms with Crippen LogP contribution in [-0.4, -0.2) is 17.9 Å². The fourth-order valence-electron chi connectivity index (χ4n) is 2.13. The number of nitrogens with one attached hydrogen (secondary N) is 2. The van der Waals surface area contributed by atoms with E-state index in [1.165, 1.54) is 11.3 Å². The lowest BCUT2D eigenvalue weighted by molar-refractivity contribution is -0.117. The predicted molar refractivity (Wildman–Crippen MR) is 94.6 cm³/mol.